The van der Waals surface area contributed by atoms with Crippen molar-refractivity contribution in [3.05, 3.63) is 53.2 Å². The Balaban J connectivity index is 1.84. The molecular formula is C15H9F3N6O2. The van der Waals surface area contributed by atoms with Crippen molar-refractivity contribution < 1.29 is 17.9 Å². The lowest BCUT2D eigenvalue weighted by Gasteiger charge is -2.11. The van der Waals surface area contributed by atoms with Crippen LogP contribution in [0.25, 0.3) is 27.8 Å². The molecule has 0 aliphatic rings. The maximum Gasteiger partial charge on any atom is 0.573 e. The van der Waals surface area contributed by atoms with Crippen molar-refractivity contribution in [1.82, 2.24) is 30.2 Å². The van der Waals surface area contributed by atoms with Crippen molar-refractivity contribution in [2.75, 3.05) is 0 Å². The summed E-state index contributed by atoms with van der Waals surface area (Å²) in [5, 5.41) is 16.8. The van der Waals surface area contributed by atoms with Gasteiger partial charge in [-0.2, -0.15) is 20.5 Å². The fourth-order valence-electron chi connectivity index (χ4n) is 2.54. The third-order valence-electron chi connectivity index (χ3n) is 3.64. The van der Waals surface area contributed by atoms with E-state index >= 15 is 0 Å². The molecular weight excluding hydrogens is 353 g/mol. The monoisotopic (exact) mass is 362 g/mol. The van der Waals surface area contributed by atoms with Gasteiger partial charge in [-0.25, -0.2) is 0 Å². The van der Waals surface area contributed by atoms with Crippen molar-refractivity contribution in [3.63, 3.8) is 0 Å². The van der Waals surface area contributed by atoms with Crippen LogP contribution in [0.1, 0.15) is 0 Å². The molecule has 0 aliphatic heterocycles. The lowest BCUT2D eigenvalue weighted by Crippen LogP contribution is -2.19. The second-order valence-electron chi connectivity index (χ2n) is 5.27. The van der Waals surface area contributed by atoms with Crippen molar-refractivity contribution in [2.45, 2.75) is 6.36 Å². The molecule has 3 heterocycles. The maximum atomic E-state index is 12.6. The minimum Gasteiger partial charge on any atom is -0.406 e. The number of ether oxygens (including phenoxy) is 1. The normalized spacial score (nSPS) is 11.8. The highest BCUT2D eigenvalue weighted by molar-refractivity contribution is 5.90. The van der Waals surface area contributed by atoms with E-state index in [9.17, 15) is 18.0 Å². The number of nitrogens with one attached hydrogen (secondary N) is 2. The van der Waals surface area contributed by atoms with Crippen LogP contribution in [0.3, 0.4) is 0 Å². The number of alkyl halides is 3. The topological polar surface area (TPSA) is 101 Å². The van der Waals surface area contributed by atoms with Crippen LogP contribution in [0.4, 0.5) is 13.2 Å². The van der Waals surface area contributed by atoms with E-state index in [1.807, 2.05) is 0 Å². The first-order chi connectivity index (χ1) is 12.4. The van der Waals surface area contributed by atoms with Gasteiger partial charge in [-0.15, -0.1) is 13.2 Å². The predicted molar refractivity (Wildman–Crippen MR) is 83.8 cm³/mol. The molecule has 8 nitrogen and oxygen atoms in total. The Morgan fingerprint density at radius 3 is 2.46 bits per heavy atom. The van der Waals surface area contributed by atoms with Gasteiger partial charge in [-0.05, 0) is 24.3 Å². The van der Waals surface area contributed by atoms with Crippen molar-refractivity contribution in [2.24, 2.45) is 0 Å². The number of rotatable bonds is 3. The van der Waals surface area contributed by atoms with E-state index in [4.69, 9.17) is 0 Å². The summed E-state index contributed by atoms with van der Waals surface area (Å²) >= 11 is 0. The molecule has 0 saturated carbocycles. The maximum absolute atomic E-state index is 12.6. The number of halogens is 3. The number of fused-ring (bicyclic) bond motifs is 1. The smallest absolute Gasteiger partial charge is 0.406 e. The molecule has 26 heavy (non-hydrogen) atoms. The van der Waals surface area contributed by atoms with Crippen molar-refractivity contribution in [1.29, 1.82) is 0 Å². The van der Waals surface area contributed by atoms with Gasteiger partial charge in [0.25, 0.3) is 5.56 Å². The summed E-state index contributed by atoms with van der Waals surface area (Å²) in [7, 11) is 0. The number of benzene rings is 1. The first kappa shape index (κ1) is 15.9. The summed E-state index contributed by atoms with van der Waals surface area (Å²) in [4.78, 5) is 12.6. The Morgan fingerprint density at radius 2 is 1.81 bits per heavy atom. The molecule has 11 heteroatoms. The number of H-pyrrole nitrogens is 2. The zero-order valence-corrected chi connectivity index (χ0v) is 12.8. The van der Waals surface area contributed by atoms with Gasteiger partial charge in [-0.3, -0.25) is 14.5 Å². The molecule has 0 fully saturated rings. The molecule has 3 aromatic heterocycles. The van der Waals surface area contributed by atoms with Gasteiger partial charge in [0, 0.05) is 29.2 Å². The van der Waals surface area contributed by atoms with E-state index in [2.05, 4.69) is 30.3 Å². The zero-order chi connectivity index (χ0) is 18.3. The highest BCUT2D eigenvalue weighted by Gasteiger charge is 2.31. The van der Waals surface area contributed by atoms with E-state index in [1.165, 1.54) is 22.9 Å². The summed E-state index contributed by atoms with van der Waals surface area (Å²) in [6.45, 7) is 0. The van der Waals surface area contributed by atoms with Crippen molar-refractivity contribution in [3.8, 4) is 22.6 Å². The molecule has 0 saturated heterocycles. The number of pyridine rings is 1. The third kappa shape index (κ3) is 2.79. The van der Waals surface area contributed by atoms with E-state index in [0.29, 0.717) is 22.3 Å². The fourth-order valence-corrected chi connectivity index (χ4v) is 2.54. The van der Waals surface area contributed by atoms with E-state index < -0.39 is 11.9 Å². The average molecular weight is 362 g/mol. The molecule has 1 aromatic carbocycles. The second-order valence-corrected chi connectivity index (χ2v) is 5.27. The number of hydrogen-bond donors (Lipinski definition) is 2. The first-order valence-electron chi connectivity index (χ1n) is 7.24. The van der Waals surface area contributed by atoms with Gasteiger partial charge < -0.3 is 4.74 Å². The van der Waals surface area contributed by atoms with Gasteiger partial charge in [0.1, 0.15) is 11.3 Å². The molecule has 0 aliphatic carbocycles. The lowest BCUT2D eigenvalue weighted by atomic mass is 10.1. The zero-order valence-electron chi connectivity index (χ0n) is 12.8. The number of hydrogen-bond acceptors (Lipinski definition) is 5. The Labute approximate surface area is 142 Å². The molecule has 2 N–H and O–H groups in total. The number of aromatic amines is 2. The molecule has 0 atom stereocenters. The fraction of sp³-hybridized carbons (Fsp3) is 0.0667. The molecule has 132 valence electrons. The van der Waals surface area contributed by atoms with Crippen LogP contribution in [-0.2, 0) is 0 Å². The van der Waals surface area contributed by atoms with Crippen LogP contribution in [0.5, 0.6) is 5.75 Å². The van der Waals surface area contributed by atoms with E-state index in [-0.39, 0.29) is 11.3 Å². The summed E-state index contributed by atoms with van der Waals surface area (Å²) < 4.78 is 41.9. The second kappa shape index (κ2) is 5.72. The third-order valence-corrected chi connectivity index (χ3v) is 3.64. The number of nitrogens with zero attached hydrogens (tertiary/aromatic N) is 4. The average Bonchev–Trinajstić information content (AvgIpc) is 3.27. The first-order valence-corrected chi connectivity index (χ1v) is 7.24. The Hall–Kier alpha value is -3.63. The Kier molecular flexibility index (Phi) is 3.49. The van der Waals surface area contributed by atoms with Crippen LogP contribution >= 0.6 is 0 Å². The van der Waals surface area contributed by atoms with Gasteiger partial charge in [0.05, 0.1) is 6.20 Å². The molecule has 0 spiro atoms. The Bertz CT molecular complexity index is 1110. The molecule has 4 aromatic rings. The molecule has 0 amide bonds. The highest BCUT2D eigenvalue weighted by Crippen LogP contribution is 2.26. The highest BCUT2D eigenvalue weighted by atomic mass is 19.4. The standard InChI is InChI=1S/C15H9F3N6O2/c16-15(17,18)26-10-3-1-9(2-4-10)24-7-11(8-5-19-20-6-8)12-13(14(24)25)22-23-21-12/h1-7H,(H,19,20)(H,21,22,23). The van der Waals surface area contributed by atoms with E-state index in [1.54, 1.807) is 12.4 Å². The van der Waals surface area contributed by atoms with Crippen LogP contribution in [0, 0.1) is 0 Å². The largest absolute Gasteiger partial charge is 0.573 e. The molecule has 0 unspecified atom stereocenters. The number of aromatic nitrogens is 6. The minimum atomic E-state index is -4.79. The van der Waals surface area contributed by atoms with E-state index in [0.717, 1.165) is 12.1 Å². The van der Waals surface area contributed by atoms with Crippen molar-refractivity contribution >= 4 is 11.0 Å². The minimum absolute atomic E-state index is 0.0966. The lowest BCUT2D eigenvalue weighted by molar-refractivity contribution is -0.274. The molecule has 4 rings (SSSR count). The summed E-state index contributed by atoms with van der Waals surface area (Å²) in [5.74, 6) is -0.383. The van der Waals surface area contributed by atoms with Crippen LogP contribution in [-0.4, -0.2) is 36.5 Å². The summed E-state index contributed by atoms with van der Waals surface area (Å²) in [6.07, 6.45) is -0.0822. The van der Waals surface area contributed by atoms with Crippen LogP contribution in [0.2, 0.25) is 0 Å². The van der Waals surface area contributed by atoms with Gasteiger partial charge in [0.2, 0.25) is 0 Å². The van der Waals surface area contributed by atoms with Gasteiger partial charge in [0.15, 0.2) is 5.52 Å². The Morgan fingerprint density at radius 1 is 1.08 bits per heavy atom. The van der Waals surface area contributed by atoms with Gasteiger partial charge >= 0.3 is 6.36 Å². The molecule has 0 bridgehead atoms. The molecule has 0 radical (unpaired) electrons. The quantitative estimate of drug-likeness (QED) is 0.583. The summed E-state index contributed by atoms with van der Waals surface area (Å²) in [5.41, 5.74) is 1.60. The van der Waals surface area contributed by atoms with Crippen LogP contribution in [0.15, 0.2) is 47.7 Å². The summed E-state index contributed by atoms with van der Waals surface area (Å²) in [6, 6.07) is 4.93. The van der Waals surface area contributed by atoms with Crippen LogP contribution < -0.4 is 10.3 Å². The predicted octanol–water partition coefficient (Wildman–Crippen LogP) is 2.40. The van der Waals surface area contributed by atoms with Gasteiger partial charge in [-0.1, -0.05) is 0 Å². The SMILES string of the molecule is O=c1c2n[nH]nc2c(-c2cn[nH]c2)cn1-c1ccc(OC(F)(F)F)cc1.